The Morgan fingerprint density at radius 1 is 0.604 bits per heavy atom. The maximum atomic E-state index is 14.2. The molecule has 0 unspecified atom stereocenters. The van der Waals surface area contributed by atoms with Crippen molar-refractivity contribution in [1.29, 1.82) is 0 Å². The number of aliphatic carboxylic acids is 2. The van der Waals surface area contributed by atoms with Crippen LogP contribution in [0.1, 0.15) is 53.0 Å². The van der Waals surface area contributed by atoms with Crippen molar-refractivity contribution in [3.63, 3.8) is 0 Å². The molecule has 4 aromatic rings. The second-order valence-corrected chi connectivity index (χ2v) is 12.7. The molecule has 0 fully saturated rings. The molecular weight excluding hydrogens is 726 g/mol. The molecule has 15 heteroatoms. The fraction of sp³-hybridized carbons (Fsp3) is 0.237. The minimum atomic E-state index is -1.57. The number of ketones is 1. The Bertz CT molecular complexity index is 2050. The van der Waals surface area contributed by atoms with Gasteiger partial charge < -0.3 is 60.7 Å². The molecule has 0 amide bonds. The third-order valence-corrected chi connectivity index (χ3v) is 9.28. The second-order valence-electron chi connectivity index (χ2n) is 12.7. The smallest absolute Gasteiger partial charge is 0.550 e. The van der Waals surface area contributed by atoms with Crippen molar-refractivity contribution in [2.75, 3.05) is 0 Å². The van der Waals surface area contributed by atoms with Crippen molar-refractivity contribution in [3.8, 4) is 46.0 Å². The van der Waals surface area contributed by atoms with Gasteiger partial charge in [0.1, 0.15) is 0 Å². The van der Waals surface area contributed by atoms with Crippen LogP contribution in [0.5, 0.6) is 46.0 Å². The van der Waals surface area contributed by atoms with E-state index in [0.29, 0.717) is 22.3 Å². The number of rotatable bonds is 13. The first-order chi connectivity index (χ1) is 24.1. The largest absolute Gasteiger partial charge is 1.00 e. The molecule has 0 radical (unpaired) electrons. The number of carboxylic acid groups (broad SMARTS) is 2. The molecule has 0 saturated carbocycles. The van der Waals surface area contributed by atoms with Gasteiger partial charge in [0.2, 0.25) is 0 Å². The quantitative estimate of drug-likeness (QED) is 0.0486. The number of phenols is 8. The molecule has 8 N–H and O–H groups in total. The van der Waals surface area contributed by atoms with Crippen LogP contribution in [0, 0.1) is 17.8 Å². The number of phenolic OH excluding ortho intramolecular Hbond substituents is 8. The Morgan fingerprint density at radius 2 is 1.08 bits per heavy atom. The molecule has 4 atom stereocenters. The number of Topliss-reactive ketones (excluding diaryl/α,β-unsaturated/α-hetero) is 1. The summed E-state index contributed by atoms with van der Waals surface area (Å²) in [6.45, 7) is 0. The van der Waals surface area contributed by atoms with Gasteiger partial charge in [0.05, 0.1) is 0 Å². The van der Waals surface area contributed by atoms with Crippen LogP contribution in [0.2, 0.25) is 0 Å². The summed E-state index contributed by atoms with van der Waals surface area (Å²) in [4.78, 5) is 38.9. The van der Waals surface area contributed by atoms with Gasteiger partial charge in [0.25, 0.3) is 0 Å². The predicted octanol–water partition coefficient (Wildman–Crippen LogP) is -3.56. The van der Waals surface area contributed by atoms with Gasteiger partial charge in [-0.2, -0.15) is 0 Å². The first kappa shape index (κ1) is 43.7. The van der Waals surface area contributed by atoms with Crippen LogP contribution in [0.25, 0.3) is 6.08 Å². The molecule has 0 aliphatic heterocycles. The van der Waals surface area contributed by atoms with Crippen LogP contribution in [0.3, 0.4) is 0 Å². The van der Waals surface area contributed by atoms with E-state index in [9.17, 15) is 65.4 Å². The normalized spacial score (nSPS) is 15.8. The summed E-state index contributed by atoms with van der Waals surface area (Å²) in [6.07, 6.45) is 0.273. The molecule has 0 saturated heterocycles. The summed E-state index contributed by atoms with van der Waals surface area (Å²) in [6, 6.07) is 13.9. The zero-order valence-corrected chi connectivity index (χ0v) is 34.0. The average Bonchev–Trinajstić information content (AvgIpc) is 3.07. The Morgan fingerprint density at radius 3 is 1.58 bits per heavy atom. The first-order valence-electron chi connectivity index (χ1n) is 15.9. The third-order valence-electron chi connectivity index (χ3n) is 9.28. The van der Waals surface area contributed by atoms with Gasteiger partial charge >= 0.3 is 80.9 Å². The van der Waals surface area contributed by atoms with E-state index in [1.54, 1.807) is 0 Å². The molecular formula is C38H34KNaO13. The monoisotopic (exact) mass is 760 g/mol. The van der Waals surface area contributed by atoms with Crippen molar-refractivity contribution >= 4 is 23.8 Å². The summed E-state index contributed by atoms with van der Waals surface area (Å²) in [7, 11) is 0. The number of hydrogen-bond acceptors (Lipinski definition) is 13. The topological polar surface area (TPSA) is 259 Å². The fourth-order valence-electron chi connectivity index (χ4n) is 6.66. The van der Waals surface area contributed by atoms with Crippen molar-refractivity contribution < 1.29 is 146 Å². The standard InChI is InChI=1S/C38H36O13.K.Na/c39-27-6-1-18(11-31(27)43)9-21(37(48)49)3-5-24-26(30(42)16-23(38(50)51)10-19-2-7-28(40)32(44)12-19)13-22-15-34(46)35(47)17-25(22)36(24)20-4-8-29(41)33(45)14-20;;/h1-2,4,6-8,11-15,17,21,23-24,36,39-41,43-47H,3,5,9-10,16H2,(H,48,49)(H,50,51);;/q;2*+1/p-2/t21-,23+,24+,36-;;/m1../s1. The summed E-state index contributed by atoms with van der Waals surface area (Å²) in [5, 5.41) is 105. The molecule has 53 heavy (non-hydrogen) atoms. The Labute approximate surface area is 368 Å². The average molecular weight is 761 g/mol. The summed E-state index contributed by atoms with van der Waals surface area (Å²) in [5.41, 5.74) is 1.70. The molecule has 0 spiro atoms. The molecule has 5 rings (SSSR count). The van der Waals surface area contributed by atoms with Gasteiger partial charge in [-0.05, 0) is 120 Å². The molecule has 266 valence electrons. The molecule has 0 bridgehead atoms. The number of aromatic hydroxyl groups is 8. The van der Waals surface area contributed by atoms with Gasteiger partial charge in [-0.3, -0.25) is 4.79 Å². The summed E-state index contributed by atoms with van der Waals surface area (Å²) >= 11 is 0. The predicted molar refractivity (Wildman–Crippen MR) is 176 cm³/mol. The van der Waals surface area contributed by atoms with Gasteiger partial charge in [0.15, 0.2) is 51.8 Å². The second kappa shape index (κ2) is 18.5. The van der Waals surface area contributed by atoms with Crippen LogP contribution < -0.4 is 91.2 Å². The number of carbonyl (C=O) groups excluding carboxylic acids is 3. The molecule has 0 aromatic heterocycles. The van der Waals surface area contributed by atoms with E-state index >= 15 is 0 Å². The minimum Gasteiger partial charge on any atom is -0.550 e. The van der Waals surface area contributed by atoms with Crippen LogP contribution in [0.4, 0.5) is 0 Å². The number of fused-ring (bicyclic) bond motifs is 1. The van der Waals surface area contributed by atoms with Crippen molar-refractivity contribution in [3.05, 3.63) is 100 Å². The zero-order chi connectivity index (χ0) is 37.1. The van der Waals surface area contributed by atoms with Crippen molar-refractivity contribution in [2.24, 2.45) is 17.8 Å². The van der Waals surface area contributed by atoms with Crippen LogP contribution in [0.15, 0.2) is 72.3 Å². The van der Waals surface area contributed by atoms with Crippen LogP contribution in [-0.4, -0.2) is 58.6 Å². The van der Waals surface area contributed by atoms with Crippen LogP contribution >= 0.6 is 0 Å². The van der Waals surface area contributed by atoms with Crippen molar-refractivity contribution in [2.45, 2.75) is 38.0 Å². The van der Waals surface area contributed by atoms with E-state index in [2.05, 4.69) is 0 Å². The minimum absolute atomic E-state index is 0. The number of allylic oxidation sites excluding steroid dienone is 1. The number of hydrogen-bond donors (Lipinski definition) is 8. The van der Waals surface area contributed by atoms with E-state index in [1.807, 2.05) is 0 Å². The van der Waals surface area contributed by atoms with E-state index in [-0.39, 0.29) is 118 Å². The molecule has 1 aliphatic rings. The Hall–Kier alpha value is -3.73. The number of carbonyl (C=O) groups is 3. The van der Waals surface area contributed by atoms with Crippen LogP contribution in [-0.2, 0) is 27.2 Å². The van der Waals surface area contributed by atoms with E-state index in [1.165, 1.54) is 66.7 Å². The first-order valence-corrected chi connectivity index (χ1v) is 15.9. The summed E-state index contributed by atoms with van der Waals surface area (Å²) < 4.78 is 0. The molecule has 4 aromatic carbocycles. The van der Waals surface area contributed by atoms with Gasteiger partial charge in [-0.1, -0.05) is 18.2 Å². The third kappa shape index (κ3) is 10.3. The van der Waals surface area contributed by atoms with Crippen molar-refractivity contribution in [1.82, 2.24) is 0 Å². The maximum absolute atomic E-state index is 14.2. The van der Waals surface area contributed by atoms with E-state index in [4.69, 9.17) is 0 Å². The Kier molecular flexibility index (Phi) is 15.3. The Balaban J connectivity index is 0.00000378. The maximum Gasteiger partial charge on any atom is 1.00 e. The van der Waals surface area contributed by atoms with Gasteiger partial charge in [-0.15, -0.1) is 0 Å². The molecule has 1 aliphatic carbocycles. The van der Waals surface area contributed by atoms with Gasteiger partial charge in [0, 0.05) is 36.1 Å². The molecule has 13 nitrogen and oxygen atoms in total. The van der Waals surface area contributed by atoms with E-state index in [0.717, 1.165) is 6.07 Å². The summed E-state index contributed by atoms with van der Waals surface area (Å²) in [5.74, 6) is -11.8. The molecule has 0 heterocycles. The van der Waals surface area contributed by atoms with Gasteiger partial charge in [-0.25, -0.2) is 0 Å². The number of benzene rings is 4. The van der Waals surface area contributed by atoms with E-state index < -0.39 is 93.8 Å². The SMILES string of the molecule is O=C(C[C@H](Cc1ccc(O)c(O)c1)C(=O)[O-])C1=Cc2cc(O)c(O)cc2[C@H](c2ccc(O)c(O)c2)[C@H]1CC[C@H](Cc1ccc(O)c(O)c1)C(=O)[O-].[K+].[Na+]. The zero-order valence-electron chi connectivity index (χ0n) is 28.9. The number of carboxylic acids is 2. The fourth-order valence-corrected chi connectivity index (χ4v) is 6.66.